The topological polar surface area (TPSA) is 41.5 Å². The Morgan fingerprint density at radius 2 is 1.47 bits per heavy atom. The third-order valence-electron chi connectivity index (χ3n) is 2.46. The summed E-state index contributed by atoms with van der Waals surface area (Å²) in [5.74, 6) is 0. The molecule has 0 rings (SSSR count). The quantitative estimate of drug-likeness (QED) is 0.491. The Morgan fingerprint density at radius 3 is 2.07 bits per heavy atom. The summed E-state index contributed by atoms with van der Waals surface area (Å²) in [4.78, 5) is 0. The number of ether oxygens (including phenoxy) is 1. The molecule has 0 heterocycles. The van der Waals surface area contributed by atoms with Gasteiger partial charge in [-0.3, -0.25) is 0 Å². The predicted octanol–water partition coefficient (Wildman–Crippen LogP) is 1.95. The van der Waals surface area contributed by atoms with Crippen molar-refractivity contribution < 1.29 is 9.84 Å². The number of methoxy groups -OCH3 is 1. The molecule has 0 unspecified atom stereocenters. The predicted molar refractivity (Wildman–Crippen MR) is 64.2 cm³/mol. The van der Waals surface area contributed by atoms with Gasteiger partial charge in [-0.15, -0.1) is 0 Å². The molecular formula is C12H27NO2. The highest BCUT2D eigenvalue weighted by atomic mass is 16.5. The van der Waals surface area contributed by atoms with E-state index >= 15 is 0 Å². The summed E-state index contributed by atoms with van der Waals surface area (Å²) in [5, 5.41) is 12.0. The maximum Gasteiger partial charge on any atom is 0.0462 e. The zero-order chi connectivity index (χ0) is 11.2. The second-order valence-electron chi connectivity index (χ2n) is 3.94. The first-order valence-corrected chi connectivity index (χ1v) is 6.22. The van der Waals surface area contributed by atoms with E-state index in [-0.39, 0.29) is 0 Å². The number of unbranched alkanes of at least 4 members (excludes halogenated alkanes) is 5. The molecule has 0 aromatic rings. The molecule has 92 valence electrons. The first-order chi connectivity index (χ1) is 7.41. The maximum atomic E-state index is 8.58. The Labute approximate surface area is 94.2 Å². The van der Waals surface area contributed by atoms with Crippen LogP contribution in [0.5, 0.6) is 0 Å². The van der Waals surface area contributed by atoms with Gasteiger partial charge in [-0.25, -0.2) is 0 Å². The monoisotopic (exact) mass is 217 g/mol. The van der Waals surface area contributed by atoms with E-state index in [9.17, 15) is 0 Å². The zero-order valence-electron chi connectivity index (χ0n) is 10.1. The minimum atomic E-state index is 0.340. The van der Waals surface area contributed by atoms with E-state index in [4.69, 9.17) is 9.84 Å². The average Bonchev–Trinajstić information content (AvgIpc) is 2.26. The van der Waals surface area contributed by atoms with Gasteiger partial charge in [0, 0.05) is 20.3 Å². The van der Waals surface area contributed by atoms with Gasteiger partial charge < -0.3 is 15.2 Å². The largest absolute Gasteiger partial charge is 0.396 e. The van der Waals surface area contributed by atoms with Crippen molar-refractivity contribution in [2.24, 2.45) is 0 Å². The first kappa shape index (κ1) is 14.9. The van der Waals surface area contributed by atoms with Crippen molar-refractivity contribution in [3.05, 3.63) is 0 Å². The molecule has 0 bridgehead atoms. The van der Waals surface area contributed by atoms with Crippen molar-refractivity contribution >= 4 is 0 Å². The van der Waals surface area contributed by atoms with E-state index in [1.54, 1.807) is 7.11 Å². The molecule has 0 fully saturated rings. The second-order valence-corrected chi connectivity index (χ2v) is 3.94. The SMILES string of the molecule is COCCCCCNCCCCCCO. The molecule has 0 aromatic carbocycles. The van der Waals surface area contributed by atoms with Crippen molar-refractivity contribution in [3.63, 3.8) is 0 Å². The van der Waals surface area contributed by atoms with Crippen molar-refractivity contribution in [1.82, 2.24) is 5.32 Å². The first-order valence-electron chi connectivity index (χ1n) is 6.22. The Balaban J connectivity index is 2.81. The van der Waals surface area contributed by atoms with Crippen LogP contribution < -0.4 is 5.32 Å². The third kappa shape index (κ3) is 13.9. The lowest BCUT2D eigenvalue weighted by atomic mass is 10.2. The lowest BCUT2D eigenvalue weighted by molar-refractivity contribution is 0.192. The summed E-state index contributed by atoms with van der Waals surface area (Å²) < 4.78 is 4.98. The highest BCUT2D eigenvalue weighted by Gasteiger charge is 1.91. The number of hydrogen-bond donors (Lipinski definition) is 2. The lowest BCUT2D eigenvalue weighted by Crippen LogP contribution is -2.16. The minimum Gasteiger partial charge on any atom is -0.396 e. The van der Waals surface area contributed by atoms with Gasteiger partial charge in [-0.05, 0) is 45.2 Å². The summed E-state index contributed by atoms with van der Waals surface area (Å²) in [5.41, 5.74) is 0. The molecule has 0 saturated carbocycles. The van der Waals surface area contributed by atoms with Crippen LogP contribution in [0.3, 0.4) is 0 Å². The highest BCUT2D eigenvalue weighted by Crippen LogP contribution is 1.98. The van der Waals surface area contributed by atoms with Crippen molar-refractivity contribution in [3.8, 4) is 0 Å². The normalized spacial score (nSPS) is 10.8. The average molecular weight is 217 g/mol. The summed E-state index contributed by atoms with van der Waals surface area (Å²) in [6, 6.07) is 0. The Kier molecular flexibility index (Phi) is 13.8. The van der Waals surface area contributed by atoms with E-state index in [1.807, 2.05) is 0 Å². The van der Waals surface area contributed by atoms with Crippen molar-refractivity contribution in [2.75, 3.05) is 33.4 Å². The van der Waals surface area contributed by atoms with Crippen LogP contribution in [0.25, 0.3) is 0 Å². The molecule has 0 amide bonds. The van der Waals surface area contributed by atoms with Crippen molar-refractivity contribution in [2.45, 2.75) is 44.9 Å². The Bertz CT molecular complexity index is 97.8. The van der Waals surface area contributed by atoms with Gasteiger partial charge in [0.05, 0.1) is 0 Å². The van der Waals surface area contributed by atoms with Gasteiger partial charge >= 0.3 is 0 Å². The van der Waals surface area contributed by atoms with Crippen LogP contribution in [0.4, 0.5) is 0 Å². The number of nitrogens with one attached hydrogen (secondary N) is 1. The second kappa shape index (κ2) is 13.9. The van der Waals surface area contributed by atoms with Gasteiger partial charge in [0.25, 0.3) is 0 Å². The Morgan fingerprint density at radius 1 is 0.867 bits per heavy atom. The maximum absolute atomic E-state index is 8.58. The van der Waals surface area contributed by atoms with E-state index in [2.05, 4.69) is 5.32 Å². The van der Waals surface area contributed by atoms with E-state index in [0.29, 0.717) is 6.61 Å². The summed E-state index contributed by atoms with van der Waals surface area (Å²) in [6.45, 7) is 3.48. The summed E-state index contributed by atoms with van der Waals surface area (Å²) in [6.07, 6.45) is 8.26. The van der Waals surface area contributed by atoms with Crippen LogP contribution in [0.2, 0.25) is 0 Å². The van der Waals surface area contributed by atoms with Crippen LogP contribution in [-0.4, -0.2) is 38.5 Å². The fourth-order valence-electron chi connectivity index (χ4n) is 1.51. The molecular weight excluding hydrogens is 190 g/mol. The third-order valence-corrected chi connectivity index (χ3v) is 2.46. The van der Waals surface area contributed by atoms with Gasteiger partial charge in [-0.1, -0.05) is 12.8 Å². The molecule has 3 nitrogen and oxygen atoms in total. The van der Waals surface area contributed by atoms with Gasteiger partial charge in [-0.2, -0.15) is 0 Å². The zero-order valence-corrected chi connectivity index (χ0v) is 10.1. The van der Waals surface area contributed by atoms with Crippen LogP contribution in [0.1, 0.15) is 44.9 Å². The van der Waals surface area contributed by atoms with Crippen molar-refractivity contribution in [1.29, 1.82) is 0 Å². The molecule has 0 aromatic heterocycles. The molecule has 0 spiro atoms. The number of aliphatic hydroxyl groups excluding tert-OH is 1. The van der Waals surface area contributed by atoms with Gasteiger partial charge in [0.1, 0.15) is 0 Å². The number of aliphatic hydroxyl groups is 1. The van der Waals surface area contributed by atoms with Gasteiger partial charge in [0.15, 0.2) is 0 Å². The van der Waals surface area contributed by atoms with Crippen LogP contribution >= 0.6 is 0 Å². The smallest absolute Gasteiger partial charge is 0.0462 e. The van der Waals surface area contributed by atoms with Gasteiger partial charge in [0.2, 0.25) is 0 Å². The number of rotatable bonds is 12. The highest BCUT2D eigenvalue weighted by molar-refractivity contribution is 4.50. The van der Waals surface area contributed by atoms with Crippen LogP contribution in [0, 0.1) is 0 Å². The molecule has 2 N–H and O–H groups in total. The molecule has 0 saturated heterocycles. The molecule has 0 aliphatic rings. The molecule has 15 heavy (non-hydrogen) atoms. The summed E-state index contributed by atoms with van der Waals surface area (Å²) >= 11 is 0. The number of hydrogen-bond acceptors (Lipinski definition) is 3. The van der Waals surface area contributed by atoms with E-state index < -0.39 is 0 Å². The van der Waals surface area contributed by atoms with E-state index in [1.165, 1.54) is 32.1 Å². The lowest BCUT2D eigenvalue weighted by Gasteiger charge is -2.04. The standard InChI is InChI=1S/C12H27NO2/c1-15-12-8-4-6-10-13-9-5-2-3-7-11-14/h13-14H,2-12H2,1H3. The molecule has 3 heteroatoms. The van der Waals surface area contributed by atoms with E-state index in [0.717, 1.165) is 32.5 Å². The molecule has 0 atom stereocenters. The minimum absolute atomic E-state index is 0.340. The van der Waals surface area contributed by atoms with Crippen LogP contribution in [-0.2, 0) is 4.74 Å². The van der Waals surface area contributed by atoms with Crippen LogP contribution in [0.15, 0.2) is 0 Å². The molecule has 0 radical (unpaired) electrons. The Hall–Kier alpha value is -0.120. The fraction of sp³-hybridized carbons (Fsp3) is 1.00. The summed E-state index contributed by atoms with van der Waals surface area (Å²) in [7, 11) is 1.75. The molecule has 0 aliphatic carbocycles. The fourth-order valence-corrected chi connectivity index (χ4v) is 1.51. The molecule has 0 aliphatic heterocycles.